The summed E-state index contributed by atoms with van der Waals surface area (Å²) in [5.74, 6) is 0. The minimum atomic E-state index is 0.457. The van der Waals surface area contributed by atoms with Crippen molar-refractivity contribution >= 4 is 21.6 Å². The summed E-state index contributed by atoms with van der Waals surface area (Å²) in [5, 5.41) is 6.71. The number of halogens is 1. The molecule has 0 amide bonds. The van der Waals surface area contributed by atoms with E-state index in [9.17, 15) is 0 Å². The fourth-order valence-electron chi connectivity index (χ4n) is 2.03. The van der Waals surface area contributed by atoms with Crippen molar-refractivity contribution in [1.82, 2.24) is 10.3 Å². The second-order valence-corrected chi connectivity index (χ2v) is 5.31. The molecule has 0 aromatic carbocycles. The molecule has 0 spiro atoms. The number of nitrogens with one attached hydrogen (secondary N) is 2. The van der Waals surface area contributed by atoms with Gasteiger partial charge in [-0.05, 0) is 54.3 Å². The Balaban J connectivity index is 1.57. The number of anilines is 1. The third kappa shape index (κ3) is 4.55. The Morgan fingerprint density at radius 3 is 3.06 bits per heavy atom. The van der Waals surface area contributed by atoms with E-state index in [2.05, 4.69) is 31.5 Å². The standard InChI is InChI=1S/C13H20BrN3O/c14-12-10-16-8-4-13(12)17-5-1-9-18-11-2-6-15-7-3-11/h4,8,10-11,15H,1-3,5-7,9H2,(H,16,17). The number of aromatic nitrogens is 1. The molecule has 1 aromatic rings. The quantitative estimate of drug-likeness (QED) is 0.792. The van der Waals surface area contributed by atoms with E-state index < -0.39 is 0 Å². The van der Waals surface area contributed by atoms with Gasteiger partial charge in [0.2, 0.25) is 0 Å². The lowest BCUT2D eigenvalue weighted by molar-refractivity contribution is 0.0329. The Bertz CT molecular complexity index is 356. The predicted molar refractivity (Wildman–Crippen MR) is 76.9 cm³/mol. The van der Waals surface area contributed by atoms with Crippen LogP contribution in [0.5, 0.6) is 0 Å². The van der Waals surface area contributed by atoms with Gasteiger partial charge in [-0.15, -0.1) is 0 Å². The van der Waals surface area contributed by atoms with Gasteiger partial charge < -0.3 is 15.4 Å². The van der Waals surface area contributed by atoms with E-state index in [0.29, 0.717) is 6.10 Å². The number of piperidine rings is 1. The van der Waals surface area contributed by atoms with E-state index in [1.807, 2.05) is 6.07 Å². The number of hydrogen-bond donors (Lipinski definition) is 2. The molecule has 0 bridgehead atoms. The highest BCUT2D eigenvalue weighted by molar-refractivity contribution is 9.10. The number of hydrogen-bond acceptors (Lipinski definition) is 4. The van der Waals surface area contributed by atoms with Crippen molar-refractivity contribution in [1.29, 1.82) is 0 Å². The van der Waals surface area contributed by atoms with E-state index in [1.165, 1.54) is 0 Å². The lowest BCUT2D eigenvalue weighted by Gasteiger charge is -2.22. The van der Waals surface area contributed by atoms with Crippen molar-refractivity contribution in [3.63, 3.8) is 0 Å². The third-order valence-electron chi connectivity index (χ3n) is 3.05. The topological polar surface area (TPSA) is 46.2 Å². The second-order valence-electron chi connectivity index (χ2n) is 4.46. The summed E-state index contributed by atoms with van der Waals surface area (Å²) >= 11 is 3.46. The van der Waals surface area contributed by atoms with Crippen LogP contribution in [0.25, 0.3) is 0 Å². The molecule has 1 aliphatic heterocycles. The number of nitrogens with zero attached hydrogens (tertiary/aromatic N) is 1. The van der Waals surface area contributed by atoms with E-state index in [4.69, 9.17) is 4.74 Å². The fourth-order valence-corrected chi connectivity index (χ4v) is 2.42. The fraction of sp³-hybridized carbons (Fsp3) is 0.615. The molecule has 2 rings (SSSR count). The van der Waals surface area contributed by atoms with Crippen LogP contribution in [0.1, 0.15) is 19.3 Å². The summed E-state index contributed by atoms with van der Waals surface area (Å²) in [4.78, 5) is 4.03. The summed E-state index contributed by atoms with van der Waals surface area (Å²) < 4.78 is 6.85. The molecule has 0 saturated carbocycles. The first-order chi connectivity index (χ1) is 8.86. The van der Waals surface area contributed by atoms with Crippen molar-refractivity contribution in [2.45, 2.75) is 25.4 Å². The zero-order chi connectivity index (χ0) is 12.6. The predicted octanol–water partition coefficient (Wildman–Crippen LogP) is 2.41. The van der Waals surface area contributed by atoms with E-state index in [1.54, 1.807) is 12.4 Å². The lowest BCUT2D eigenvalue weighted by Crippen LogP contribution is -2.32. The molecule has 100 valence electrons. The van der Waals surface area contributed by atoms with Crippen LogP contribution >= 0.6 is 15.9 Å². The zero-order valence-corrected chi connectivity index (χ0v) is 12.1. The first-order valence-corrected chi connectivity index (χ1v) is 7.31. The van der Waals surface area contributed by atoms with Crippen molar-refractivity contribution in [2.24, 2.45) is 0 Å². The molecule has 1 aliphatic rings. The van der Waals surface area contributed by atoms with Crippen molar-refractivity contribution in [3.05, 3.63) is 22.9 Å². The molecule has 0 radical (unpaired) electrons. The van der Waals surface area contributed by atoms with E-state index in [0.717, 1.165) is 55.7 Å². The van der Waals surface area contributed by atoms with Gasteiger partial charge in [-0.1, -0.05) is 0 Å². The Morgan fingerprint density at radius 1 is 1.44 bits per heavy atom. The van der Waals surface area contributed by atoms with Gasteiger partial charge >= 0.3 is 0 Å². The van der Waals surface area contributed by atoms with Crippen molar-refractivity contribution in [3.8, 4) is 0 Å². The molecule has 1 fully saturated rings. The van der Waals surface area contributed by atoms with Gasteiger partial charge in [0.1, 0.15) is 0 Å². The first kappa shape index (κ1) is 13.8. The lowest BCUT2D eigenvalue weighted by atomic mass is 10.1. The van der Waals surface area contributed by atoms with Gasteiger partial charge in [0.05, 0.1) is 16.3 Å². The molecule has 0 aliphatic carbocycles. The van der Waals surface area contributed by atoms with Gasteiger partial charge in [-0.2, -0.15) is 0 Å². The highest BCUT2D eigenvalue weighted by Crippen LogP contribution is 2.19. The molecule has 5 heteroatoms. The van der Waals surface area contributed by atoms with Crippen LogP contribution in [-0.4, -0.2) is 37.3 Å². The minimum Gasteiger partial charge on any atom is -0.384 e. The van der Waals surface area contributed by atoms with Crippen LogP contribution in [0, 0.1) is 0 Å². The smallest absolute Gasteiger partial charge is 0.0599 e. The van der Waals surface area contributed by atoms with Crippen LogP contribution in [0.2, 0.25) is 0 Å². The average Bonchev–Trinajstić information content (AvgIpc) is 2.42. The summed E-state index contributed by atoms with van der Waals surface area (Å²) in [5.41, 5.74) is 1.09. The van der Waals surface area contributed by atoms with Crippen molar-refractivity contribution < 1.29 is 4.74 Å². The van der Waals surface area contributed by atoms with Gasteiger partial charge in [-0.25, -0.2) is 0 Å². The normalized spacial score (nSPS) is 16.7. The van der Waals surface area contributed by atoms with E-state index >= 15 is 0 Å². The molecule has 4 nitrogen and oxygen atoms in total. The molecular formula is C13H20BrN3O. The Kier molecular flexibility index (Phi) is 5.90. The summed E-state index contributed by atoms with van der Waals surface area (Å²) in [7, 11) is 0. The van der Waals surface area contributed by atoms with Crippen LogP contribution in [0.4, 0.5) is 5.69 Å². The molecule has 0 unspecified atom stereocenters. The molecule has 1 saturated heterocycles. The van der Waals surface area contributed by atoms with Crippen LogP contribution in [0.15, 0.2) is 22.9 Å². The van der Waals surface area contributed by atoms with Gasteiger partial charge in [0.25, 0.3) is 0 Å². The van der Waals surface area contributed by atoms with Gasteiger partial charge in [0, 0.05) is 25.5 Å². The van der Waals surface area contributed by atoms with Crippen LogP contribution in [-0.2, 0) is 4.74 Å². The summed E-state index contributed by atoms with van der Waals surface area (Å²) in [6, 6.07) is 1.97. The Hall–Kier alpha value is -0.650. The largest absolute Gasteiger partial charge is 0.384 e. The summed E-state index contributed by atoms with van der Waals surface area (Å²) in [6.07, 6.45) is 7.36. The third-order valence-corrected chi connectivity index (χ3v) is 3.68. The van der Waals surface area contributed by atoms with Gasteiger partial charge in [0.15, 0.2) is 0 Å². The molecule has 0 atom stereocenters. The highest BCUT2D eigenvalue weighted by Gasteiger charge is 2.12. The van der Waals surface area contributed by atoms with Crippen LogP contribution in [0.3, 0.4) is 0 Å². The average molecular weight is 314 g/mol. The monoisotopic (exact) mass is 313 g/mol. The maximum atomic E-state index is 5.85. The Morgan fingerprint density at radius 2 is 2.28 bits per heavy atom. The van der Waals surface area contributed by atoms with Crippen LogP contribution < -0.4 is 10.6 Å². The molecule has 2 heterocycles. The Labute approximate surface area is 117 Å². The minimum absolute atomic E-state index is 0.457. The molecule has 18 heavy (non-hydrogen) atoms. The molecular weight excluding hydrogens is 294 g/mol. The molecule has 1 aromatic heterocycles. The summed E-state index contributed by atoms with van der Waals surface area (Å²) in [6.45, 7) is 3.94. The zero-order valence-electron chi connectivity index (χ0n) is 10.5. The first-order valence-electron chi connectivity index (χ1n) is 6.52. The number of pyridine rings is 1. The highest BCUT2D eigenvalue weighted by atomic mass is 79.9. The maximum Gasteiger partial charge on any atom is 0.0599 e. The van der Waals surface area contributed by atoms with Crippen molar-refractivity contribution in [2.75, 3.05) is 31.6 Å². The van der Waals surface area contributed by atoms with Gasteiger partial charge in [-0.3, -0.25) is 4.98 Å². The second kappa shape index (κ2) is 7.71. The number of ether oxygens (including phenoxy) is 1. The number of rotatable bonds is 6. The maximum absolute atomic E-state index is 5.85. The molecule has 2 N–H and O–H groups in total. The SMILES string of the molecule is Brc1cnccc1NCCCOC1CCNCC1. The van der Waals surface area contributed by atoms with E-state index in [-0.39, 0.29) is 0 Å².